The summed E-state index contributed by atoms with van der Waals surface area (Å²) in [6.45, 7) is 1.98. The third-order valence-corrected chi connectivity index (χ3v) is 8.89. The first kappa shape index (κ1) is 27.0. The number of benzene rings is 6. The molecule has 0 unspecified atom stereocenters. The van der Waals surface area contributed by atoms with Crippen LogP contribution in [0.3, 0.4) is 0 Å². The monoisotopic (exact) mass is 601 g/mol. The Hall–Kier alpha value is -6.33. The number of rotatable bonds is 4. The van der Waals surface area contributed by atoms with E-state index in [2.05, 4.69) is 126 Å². The average Bonchev–Trinajstić information content (AvgIpc) is 3.14. The summed E-state index contributed by atoms with van der Waals surface area (Å²) in [7, 11) is 0. The molecule has 9 aromatic rings. The fourth-order valence-electron chi connectivity index (χ4n) is 6.55. The maximum absolute atomic E-state index is 5.23. The van der Waals surface area contributed by atoms with E-state index in [0.29, 0.717) is 23.2 Å². The van der Waals surface area contributed by atoms with Crippen LogP contribution >= 0.6 is 0 Å². The average molecular weight is 602 g/mol. The Morgan fingerprint density at radius 1 is 0.383 bits per heavy atom. The van der Waals surface area contributed by atoms with Crippen LogP contribution in [0.15, 0.2) is 146 Å². The summed E-state index contributed by atoms with van der Waals surface area (Å²) >= 11 is 0. The molecule has 5 nitrogen and oxygen atoms in total. The minimum Gasteiger partial charge on any atom is -0.261 e. The van der Waals surface area contributed by atoms with Gasteiger partial charge in [0.2, 0.25) is 0 Å². The van der Waals surface area contributed by atoms with Crippen LogP contribution in [0, 0.1) is 6.92 Å². The third kappa shape index (κ3) is 4.68. The van der Waals surface area contributed by atoms with E-state index >= 15 is 0 Å². The van der Waals surface area contributed by atoms with E-state index in [1.54, 1.807) is 0 Å². The van der Waals surface area contributed by atoms with Gasteiger partial charge in [-0.3, -0.25) is 9.97 Å². The molecule has 0 amide bonds. The van der Waals surface area contributed by atoms with E-state index in [0.717, 1.165) is 60.3 Å². The molecule has 0 saturated carbocycles. The van der Waals surface area contributed by atoms with E-state index in [1.807, 2.05) is 31.5 Å². The first-order chi connectivity index (χ1) is 23.2. The molecule has 3 aromatic heterocycles. The third-order valence-electron chi connectivity index (χ3n) is 8.89. The SMILES string of the molecule is Cc1ccc(-c2ccc(-c3nc(-c4cc5ccccc5c5ccccc45)nc(-c4cc5ccccc5c5ccccc45)n3)nc2)cn1. The number of pyridine rings is 2. The highest BCUT2D eigenvalue weighted by Crippen LogP contribution is 2.37. The molecule has 9 rings (SSSR count). The number of fused-ring (bicyclic) bond motifs is 6. The van der Waals surface area contributed by atoms with Gasteiger partial charge in [-0.2, -0.15) is 0 Å². The first-order valence-corrected chi connectivity index (χ1v) is 15.7. The molecular weight excluding hydrogens is 574 g/mol. The smallest absolute Gasteiger partial charge is 0.182 e. The maximum Gasteiger partial charge on any atom is 0.182 e. The Kier molecular flexibility index (Phi) is 6.28. The van der Waals surface area contributed by atoms with Gasteiger partial charge in [-0.15, -0.1) is 0 Å². The van der Waals surface area contributed by atoms with Gasteiger partial charge in [0.1, 0.15) is 5.69 Å². The predicted octanol–water partition coefficient (Wildman–Crippen LogP) is 10.3. The van der Waals surface area contributed by atoms with Crippen molar-refractivity contribution in [1.29, 1.82) is 0 Å². The predicted molar refractivity (Wildman–Crippen MR) is 192 cm³/mol. The topological polar surface area (TPSA) is 64.5 Å². The molecule has 0 radical (unpaired) electrons. The van der Waals surface area contributed by atoms with Crippen molar-refractivity contribution >= 4 is 43.1 Å². The normalized spacial score (nSPS) is 11.5. The van der Waals surface area contributed by atoms with Crippen LogP contribution in [0.5, 0.6) is 0 Å². The number of nitrogens with zero attached hydrogens (tertiary/aromatic N) is 5. The van der Waals surface area contributed by atoms with Crippen LogP contribution < -0.4 is 0 Å². The Bertz CT molecular complexity index is 2490. The highest BCUT2D eigenvalue weighted by Gasteiger charge is 2.18. The first-order valence-electron chi connectivity index (χ1n) is 15.7. The zero-order valence-electron chi connectivity index (χ0n) is 25.6. The van der Waals surface area contributed by atoms with Gasteiger partial charge in [0.15, 0.2) is 17.5 Å². The molecule has 220 valence electrons. The van der Waals surface area contributed by atoms with Crippen molar-refractivity contribution in [2.24, 2.45) is 0 Å². The van der Waals surface area contributed by atoms with Gasteiger partial charge in [-0.1, -0.05) is 109 Å². The van der Waals surface area contributed by atoms with E-state index in [9.17, 15) is 0 Å². The molecule has 0 atom stereocenters. The summed E-state index contributed by atoms with van der Waals surface area (Å²) in [6, 6.07) is 46.4. The molecule has 47 heavy (non-hydrogen) atoms. The molecule has 0 aliphatic rings. The van der Waals surface area contributed by atoms with Crippen molar-refractivity contribution in [3.05, 3.63) is 152 Å². The second-order valence-corrected chi connectivity index (χ2v) is 11.8. The molecule has 0 saturated heterocycles. The Balaban J connectivity index is 1.31. The van der Waals surface area contributed by atoms with Gasteiger partial charge >= 0.3 is 0 Å². The molecular formula is C42H27N5. The molecule has 0 N–H and O–H groups in total. The number of hydrogen-bond donors (Lipinski definition) is 0. The second kappa shape index (κ2) is 10.9. The lowest BCUT2D eigenvalue weighted by molar-refractivity contribution is 1.06. The van der Waals surface area contributed by atoms with Crippen molar-refractivity contribution in [3.8, 4) is 45.4 Å². The lowest BCUT2D eigenvalue weighted by Crippen LogP contribution is -2.02. The van der Waals surface area contributed by atoms with E-state index in [4.69, 9.17) is 19.9 Å². The minimum absolute atomic E-state index is 0.521. The summed E-state index contributed by atoms with van der Waals surface area (Å²) in [4.78, 5) is 24.8. The van der Waals surface area contributed by atoms with Gasteiger partial charge in [0, 0.05) is 40.3 Å². The van der Waals surface area contributed by atoms with Crippen molar-refractivity contribution in [3.63, 3.8) is 0 Å². The van der Waals surface area contributed by atoms with Gasteiger partial charge in [-0.05, 0) is 74.3 Å². The summed E-state index contributed by atoms with van der Waals surface area (Å²) in [5.74, 6) is 1.74. The maximum atomic E-state index is 5.23. The zero-order valence-corrected chi connectivity index (χ0v) is 25.6. The number of hydrogen-bond acceptors (Lipinski definition) is 5. The van der Waals surface area contributed by atoms with Crippen molar-refractivity contribution in [2.45, 2.75) is 6.92 Å². The summed E-state index contributed by atoms with van der Waals surface area (Å²) in [5, 5.41) is 9.17. The van der Waals surface area contributed by atoms with E-state index in [-0.39, 0.29) is 0 Å². The lowest BCUT2D eigenvalue weighted by Gasteiger charge is -2.14. The lowest BCUT2D eigenvalue weighted by atomic mass is 9.96. The Morgan fingerprint density at radius 2 is 0.830 bits per heavy atom. The summed E-state index contributed by atoms with van der Waals surface area (Å²) < 4.78 is 0. The Morgan fingerprint density at radius 3 is 1.32 bits per heavy atom. The summed E-state index contributed by atoms with van der Waals surface area (Å²) in [6.07, 6.45) is 3.74. The van der Waals surface area contributed by atoms with Crippen LogP contribution in [-0.2, 0) is 0 Å². The molecule has 3 heterocycles. The largest absolute Gasteiger partial charge is 0.261 e. The standard InChI is InChI=1S/C42H27N5/c1-26-18-19-29(24-43-26)30-20-21-39(44-25-30)42-46-40(37-22-27-10-2-4-12-31(27)33-14-6-8-16-35(33)37)45-41(47-42)38-23-28-11-3-5-13-32(28)34-15-7-9-17-36(34)38/h2-25H,1H3. The fourth-order valence-corrected chi connectivity index (χ4v) is 6.55. The molecule has 0 spiro atoms. The van der Waals surface area contributed by atoms with Crippen molar-refractivity contribution in [1.82, 2.24) is 24.9 Å². The van der Waals surface area contributed by atoms with Gasteiger partial charge < -0.3 is 0 Å². The van der Waals surface area contributed by atoms with Crippen molar-refractivity contribution in [2.75, 3.05) is 0 Å². The second-order valence-electron chi connectivity index (χ2n) is 11.8. The fraction of sp³-hybridized carbons (Fsp3) is 0.0238. The van der Waals surface area contributed by atoms with Gasteiger partial charge in [0.05, 0.1) is 0 Å². The highest BCUT2D eigenvalue weighted by atomic mass is 15.0. The van der Waals surface area contributed by atoms with Crippen LogP contribution in [0.1, 0.15) is 5.69 Å². The molecule has 0 aliphatic heterocycles. The quantitative estimate of drug-likeness (QED) is 0.188. The minimum atomic E-state index is 0.521. The number of aromatic nitrogens is 5. The molecule has 5 heteroatoms. The van der Waals surface area contributed by atoms with Gasteiger partial charge in [-0.25, -0.2) is 15.0 Å². The van der Waals surface area contributed by atoms with Crippen molar-refractivity contribution < 1.29 is 0 Å². The van der Waals surface area contributed by atoms with Crippen LogP contribution in [-0.4, -0.2) is 24.9 Å². The van der Waals surface area contributed by atoms with Crippen LogP contribution in [0.4, 0.5) is 0 Å². The van der Waals surface area contributed by atoms with Gasteiger partial charge in [0.25, 0.3) is 0 Å². The van der Waals surface area contributed by atoms with Crippen LogP contribution in [0.25, 0.3) is 88.5 Å². The zero-order chi connectivity index (χ0) is 31.3. The molecule has 0 bridgehead atoms. The molecule has 6 aromatic carbocycles. The van der Waals surface area contributed by atoms with E-state index in [1.165, 1.54) is 10.8 Å². The van der Waals surface area contributed by atoms with E-state index < -0.39 is 0 Å². The van der Waals surface area contributed by atoms with Crippen LogP contribution in [0.2, 0.25) is 0 Å². The Labute approximate surface area is 271 Å². The highest BCUT2D eigenvalue weighted by molar-refractivity contribution is 6.14. The number of aryl methyl sites for hydroxylation is 1. The molecule has 0 aliphatic carbocycles. The molecule has 0 fully saturated rings. The summed E-state index contributed by atoms with van der Waals surface area (Å²) in [5.41, 5.74) is 5.56.